The summed E-state index contributed by atoms with van der Waals surface area (Å²) in [6.45, 7) is 2.00. The van der Waals surface area contributed by atoms with E-state index in [1.807, 2.05) is 25.3 Å². The summed E-state index contributed by atoms with van der Waals surface area (Å²) in [5.41, 5.74) is 2.97. The number of carboxylic acid groups (broad SMARTS) is 1. The number of aromatic carboxylic acids is 1. The molecular weight excluding hydrogens is 240 g/mol. The van der Waals surface area contributed by atoms with E-state index >= 15 is 0 Å². The van der Waals surface area contributed by atoms with Crippen molar-refractivity contribution in [1.29, 1.82) is 0 Å². The Morgan fingerprint density at radius 1 is 1.37 bits per heavy atom. The first-order valence-electron chi connectivity index (χ1n) is 6.88. The summed E-state index contributed by atoms with van der Waals surface area (Å²) >= 11 is 0. The van der Waals surface area contributed by atoms with Gasteiger partial charge in [0.05, 0.1) is 5.69 Å². The molecule has 0 bridgehead atoms. The van der Waals surface area contributed by atoms with Crippen LogP contribution in [0.2, 0.25) is 0 Å². The molecule has 0 atom stereocenters. The molecule has 1 aliphatic carbocycles. The Morgan fingerprint density at radius 2 is 2.11 bits per heavy atom. The molecule has 0 aromatic carbocycles. The highest BCUT2D eigenvalue weighted by Crippen LogP contribution is 2.34. The number of nitrogens with zero attached hydrogens (tertiary/aromatic N) is 2. The zero-order valence-electron chi connectivity index (χ0n) is 11.1. The van der Waals surface area contributed by atoms with E-state index in [0.29, 0.717) is 11.6 Å². The molecule has 1 fully saturated rings. The number of pyridine rings is 1. The molecule has 2 aromatic rings. The summed E-state index contributed by atoms with van der Waals surface area (Å²) in [4.78, 5) is 16.2. The third-order valence-electron chi connectivity index (χ3n) is 4.00. The molecule has 0 amide bonds. The molecule has 0 saturated heterocycles. The zero-order valence-corrected chi connectivity index (χ0v) is 11.1. The molecule has 0 spiro atoms. The number of aromatic nitrogens is 2. The van der Waals surface area contributed by atoms with E-state index in [2.05, 4.69) is 4.98 Å². The fourth-order valence-corrected chi connectivity index (χ4v) is 3.04. The van der Waals surface area contributed by atoms with Gasteiger partial charge in [0.15, 0.2) is 5.69 Å². The second kappa shape index (κ2) is 4.68. The number of hydrogen-bond donors (Lipinski definition) is 1. The van der Waals surface area contributed by atoms with Crippen molar-refractivity contribution in [2.24, 2.45) is 0 Å². The van der Waals surface area contributed by atoms with Crippen LogP contribution in [0.25, 0.3) is 5.65 Å². The van der Waals surface area contributed by atoms with Crippen molar-refractivity contribution in [2.45, 2.75) is 44.9 Å². The third-order valence-corrected chi connectivity index (χ3v) is 4.00. The lowest BCUT2D eigenvalue weighted by Crippen LogP contribution is -2.11. The first-order chi connectivity index (χ1) is 9.16. The predicted octanol–water partition coefficient (Wildman–Crippen LogP) is 3.39. The summed E-state index contributed by atoms with van der Waals surface area (Å²) in [5, 5.41) is 9.49. The molecule has 100 valence electrons. The highest BCUT2D eigenvalue weighted by Gasteiger charge is 2.26. The van der Waals surface area contributed by atoms with Crippen molar-refractivity contribution < 1.29 is 9.90 Å². The first kappa shape index (κ1) is 12.2. The summed E-state index contributed by atoms with van der Waals surface area (Å²) in [5.74, 6) is -0.572. The molecular formula is C15H18N2O2. The second-order valence-corrected chi connectivity index (χ2v) is 5.42. The molecule has 19 heavy (non-hydrogen) atoms. The van der Waals surface area contributed by atoms with Crippen LogP contribution in [0.3, 0.4) is 0 Å². The lowest BCUT2D eigenvalue weighted by atomic mass is 9.86. The molecule has 1 saturated carbocycles. The van der Waals surface area contributed by atoms with Crippen LogP contribution >= 0.6 is 0 Å². The van der Waals surface area contributed by atoms with Gasteiger partial charge < -0.3 is 5.11 Å². The van der Waals surface area contributed by atoms with E-state index in [1.165, 1.54) is 19.3 Å². The van der Waals surface area contributed by atoms with Gasteiger partial charge in [0.2, 0.25) is 0 Å². The Labute approximate surface area is 112 Å². The van der Waals surface area contributed by atoms with Gasteiger partial charge >= 0.3 is 5.97 Å². The van der Waals surface area contributed by atoms with E-state index in [4.69, 9.17) is 0 Å². The quantitative estimate of drug-likeness (QED) is 0.898. The molecule has 3 rings (SSSR count). The van der Waals surface area contributed by atoms with Crippen LogP contribution in [0, 0.1) is 6.92 Å². The second-order valence-electron chi connectivity index (χ2n) is 5.42. The van der Waals surface area contributed by atoms with Gasteiger partial charge in [0, 0.05) is 12.1 Å². The Balaban J connectivity index is 2.16. The Kier molecular flexibility index (Phi) is 3.01. The number of carboxylic acids is 1. The lowest BCUT2D eigenvalue weighted by molar-refractivity contribution is 0.0687. The minimum atomic E-state index is -0.878. The van der Waals surface area contributed by atoms with Crippen LogP contribution < -0.4 is 0 Å². The maximum atomic E-state index is 11.6. The predicted molar refractivity (Wildman–Crippen MR) is 72.7 cm³/mol. The van der Waals surface area contributed by atoms with Gasteiger partial charge in [-0.3, -0.25) is 4.40 Å². The third kappa shape index (κ3) is 2.11. The van der Waals surface area contributed by atoms with Crippen molar-refractivity contribution in [1.82, 2.24) is 9.38 Å². The van der Waals surface area contributed by atoms with Gasteiger partial charge in [-0.05, 0) is 37.5 Å². The highest BCUT2D eigenvalue weighted by atomic mass is 16.4. The number of rotatable bonds is 2. The molecule has 2 heterocycles. The van der Waals surface area contributed by atoms with Crippen molar-refractivity contribution in [3.63, 3.8) is 0 Å². The summed E-state index contributed by atoms with van der Waals surface area (Å²) < 4.78 is 1.71. The van der Waals surface area contributed by atoms with Gasteiger partial charge in [-0.1, -0.05) is 19.3 Å². The van der Waals surface area contributed by atoms with Gasteiger partial charge in [0.1, 0.15) is 5.65 Å². The smallest absolute Gasteiger partial charge is 0.354 e. The Bertz CT molecular complexity index is 624. The van der Waals surface area contributed by atoms with Crippen LogP contribution in [0.5, 0.6) is 0 Å². The fraction of sp³-hybridized carbons (Fsp3) is 0.467. The topological polar surface area (TPSA) is 54.6 Å². The molecule has 1 N–H and O–H groups in total. The summed E-state index contributed by atoms with van der Waals surface area (Å²) in [7, 11) is 0. The van der Waals surface area contributed by atoms with Gasteiger partial charge in [-0.25, -0.2) is 9.78 Å². The van der Waals surface area contributed by atoms with Crippen LogP contribution in [0.4, 0.5) is 0 Å². The van der Waals surface area contributed by atoms with Gasteiger partial charge in [-0.2, -0.15) is 0 Å². The molecule has 4 heteroatoms. The average molecular weight is 258 g/mol. The SMILES string of the molecule is Cc1ccn2c(C(=O)O)c(C3CCCCC3)nc2c1. The van der Waals surface area contributed by atoms with Crippen LogP contribution in [-0.2, 0) is 0 Å². The van der Waals surface area contributed by atoms with E-state index in [-0.39, 0.29) is 0 Å². The summed E-state index contributed by atoms with van der Waals surface area (Å²) in [6, 6.07) is 3.87. The standard InChI is InChI=1S/C15H18N2O2/c1-10-7-8-17-12(9-10)16-13(14(17)15(18)19)11-5-3-2-4-6-11/h7-9,11H,2-6H2,1H3,(H,18,19). The molecule has 0 unspecified atom stereocenters. The van der Waals surface area contributed by atoms with Gasteiger partial charge in [0.25, 0.3) is 0 Å². The van der Waals surface area contributed by atoms with Crippen LogP contribution in [0.15, 0.2) is 18.3 Å². The number of hydrogen-bond acceptors (Lipinski definition) is 2. The molecule has 4 nitrogen and oxygen atoms in total. The highest BCUT2D eigenvalue weighted by molar-refractivity contribution is 5.88. The van der Waals surface area contributed by atoms with E-state index in [0.717, 1.165) is 29.7 Å². The lowest BCUT2D eigenvalue weighted by Gasteiger charge is -2.20. The average Bonchev–Trinajstić information content (AvgIpc) is 2.78. The van der Waals surface area contributed by atoms with Crippen molar-refractivity contribution in [3.8, 4) is 0 Å². The molecule has 2 aromatic heterocycles. The molecule has 0 aliphatic heterocycles. The Hall–Kier alpha value is -1.84. The monoisotopic (exact) mass is 258 g/mol. The number of imidazole rings is 1. The number of fused-ring (bicyclic) bond motifs is 1. The summed E-state index contributed by atoms with van der Waals surface area (Å²) in [6.07, 6.45) is 7.54. The van der Waals surface area contributed by atoms with Crippen LogP contribution in [-0.4, -0.2) is 20.5 Å². The van der Waals surface area contributed by atoms with Crippen molar-refractivity contribution >= 4 is 11.6 Å². The Morgan fingerprint density at radius 3 is 2.79 bits per heavy atom. The van der Waals surface area contributed by atoms with Crippen molar-refractivity contribution in [3.05, 3.63) is 35.3 Å². The van der Waals surface area contributed by atoms with Crippen LogP contribution in [0.1, 0.15) is 59.8 Å². The first-order valence-corrected chi connectivity index (χ1v) is 6.88. The fourth-order valence-electron chi connectivity index (χ4n) is 3.04. The maximum Gasteiger partial charge on any atom is 0.354 e. The number of aryl methyl sites for hydroxylation is 1. The van der Waals surface area contributed by atoms with E-state index < -0.39 is 5.97 Å². The molecule has 1 aliphatic rings. The van der Waals surface area contributed by atoms with E-state index in [9.17, 15) is 9.90 Å². The maximum absolute atomic E-state index is 11.6. The largest absolute Gasteiger partial charge is 0.477 e. The van der Waals surface area contributed by atoms with E-state index in [1.54, 1.807) is 4.40 Å². The minimum absolute atomic E-state index is 0.306. The zero-order chi connectivity index (χ0) is 13.4. The normalized spacial score (nSPS) is 16.9. The number of carbonyl (C=O) groups is 1. The molecule has 0 radical (unpaired) electrons. The van der Waals surface area contributed by atoms with Crippen molar-refractivity contribution in [2.75, 3.05) is 0 Å². The van der Waals surface area contributed by atoms with Gasteiger partial charge in [-0.15, -0.1) is 0 Å². The minimum Gasteiger partial charge on any atom is -0.477 e.